The van der Waals surface area contributed by atoms with Crippen LogP contribution in [0.25, 0.3) is 11.5 Å². The third kappa shape index (κ3) is 4.03. The Balaban J connectivity index is 1.40. The van der Waals surface area contributed by atoms with E-state index in [0.29, 0.717) is 23.3 Å². The van der Waals surface area contributed by atoms with Crippen LogP contribution in [0.3, 0.4) is 0 Å². The molecule has 0 spiro atoms. The molecule has 7 heteroatoms. The van der Waals surface area contributed by atoms with Crippen LogP contribution in [-0.2, 0) is 17.8 Å². The van der Waals surface area contributed by atoms with Gasteiger partial charge in [-0.2, -0.15) is 0 Å². The number of benzene rings is 2. The minimum atomic E-state index is 0.0843. The lowest BCUT2D eigenvalue weighted by atomic mass is 10.1. The summed E-state index contributed by atoms with van der Waals surface area (Å²) in [6.07, 6.45) is 2.64. The van der Waals surface area contributed by atoms with E-state index in [1.54, 1.807) is 6.20 Å². The molecular weight excluding hydrogens is 418 g/mol. The lowest BCUT2D eigenvalue weighted by Crippen LogP contribution is -2.37. The van der Waals surface area contributed by atoms with Crippen LogP contribution >= 0.6 is 11.8 Å². The molecule has 0 aliphatic carbocycles. The van der Waals surface area contributed by atoms with E-state index >= 15 is 0 Å². The Morgan fingerprint density at radius 3 is 2.59 bits per heavy atom. The van der Waals surface area contributed by atoms with Crippen molar-refractivity contribution >= 4 is 23.4 Å². The van der Waals surface area contributed by atoms with E-state index < -0.39 is 0 Å². The fourth-order valence-corrected chi connectivity index (χ4v) is 4.93. The van der Waals surface area contributed by atoms with Crippen molar-refractivity contribution in [3.63, 3.8) is 0 Å². The zero-order chi connectivity index (χ0) is 21.9. The van der Waals surface area contributed by atoms with Crippen LogP contribution in [0.1, 0.15) is 18.1 Å². The smallest absolute Gasteiger partial charge is 0.237 e. The first-order valence-corrected chi connectivity index (χ1v) is 11.6. The number of para-hydroxylation sites is 1. The standard InChI is InChI=1S/C25H23N5OS/c1-18-15-20-11-5-6-13-22(20)30(18)23(31)17-32-25-28-27-24(21-12-7-8-14-26-21)29(25)16-19-9-3-2-4-10-19/h2-14,18H,15-17H2,1H3/t18-/m0/s1. The van der Waals surface area contributed by atoms with Gasteiger partial charge in [0.1, 0.15) is 5.69 Å². The van der Waals surface area contributed by atoms with Gasteiger partial charge in [-0.1, -0.05) is 66.4 Å². The number of carbonyl (C=O) groups is 1. The molecular formula is C25H23N5OS. The summed E-state index contributed by atoms with van der Waals surface area (Å²) in [4.78, 5) is 19.5. The van der Waals surface area contributed by atoms with Gasteiger partial charge in [0.15, 0.2) is 11.0 Å². The summed E-state index contributed by atoms with van der Waals surface area (Å²) < 4.78 is 2.04. The van der Waals surface area contributed by atoms with Crippen LogP contribution < -0.4 is 4.90 Å². The molecule has 0 unspecified atom stereocenters. The number of hydrogen-bond acceptors (Lipinski definition) is 5. The molecule has 0 fully saturated rings. The first-order valence-electron chi connectivity index (χ1n) is 10.6. The van der Waals surface area contributed by atoms with Gasteiger partial charge < -0.3 is 4.90 Å². The highest BCUT2D eigenvalue weighted by Gasteiger charge is 2.30. The summed E-state index contributed by atoms with van der Waals surface area (Å²) in [5.41, 5.74) is 4.14. The number of hydrogen-bond donors (Lipinski definition) is 0. The van der Waals surface area contributed by atoms with Gasteiger partial charge in [0.25, 0.3) is 0 Å². The SMILES string of the molecule is C[C@H]1Cc2ccccc2N1C(=O)CSc1nnc(-c2ccccn2)n1Cc1ccccc1. The van der Waals surface area contributed by atoms with Gasteiger partial charge in [-0.15, -0.1) is 10.2 Å². The van der Waals surface area contributed by atoms with E-state index in [1.807, 2.05) is 64.1 Å². The van der Waals surface area contributed by atoms with E-state index in [4.69, 9.17) is 0 Å². The van der Waals surface area contributed by atoms with E-state index in [9.17, 15) is 4.79 Å². The molecule has 160 valence electrons. The first-order chi connectivity index (χ1) is 15.7. The van der Waals surface area contributed by atoms with Crippen molar-refractivity contribution in [1.29, 1.82) is 0 Å². The number of fused-ring (bicyclic) bond motifs is 1. The lowest BCUT2D eigenvalue weighted by molar-refractivity contribution is -0.116. The maximum Gasteiger partial charge on any atom is 0.237 e. The van der Waals surface area contributed by atoms with Crippen LogP contribution in [-0.4, -0.2) is 37.5 Å². The van der Waals surface area contributed by atoms with Crippen molar-refractivity contribution in [2.75, 3.05) is 10.7 Å². The zero-order valence-corrected chi connectivity index (χ0v) is 18.6. The number of amides is 1. The summed E-state index contributed by atoms with van der Waals surface area (Å²) in [6.45, 7) is 2.71. The average molecular weight is 442 g/mol. The Bertz CT molecular complexity index is 1230. The Kier molecular flexibility index (Phi) is 5.73. The molecule has 0 saturated carbocycles. The maximum atomic E-state index is 13.2. The number of pyridine rings is 1. The van der Waals surface area contributed by atoms with E-state index in [-0.39, 0.29) is 11.9 Å². The predicted molar refractivity (Wildman–Crippen MR) is 127 cm³/mol. The van der Waals surface area contributed by atoms with Crippen molar-refractivity contribution in [3.8, 4) is 11.5 Å². The molecule has 32 heavy (non-hydrogen) atoms. The molecule has 1 atom stereocenters. The molecule has 0 bridgehead atoms. The van der Waals surface area contributed by atoms with Crippen LogP contribution in [0.15, 0.2) is 84.1 Å². The first kappa shape index (κ1) is 20.5. The maximum absolute atomic E-state index is 13.2. The van der Waals surface area contributed by atoms with Gasteiger partial charge in [-0.25, -0.2) is 0 Å². The molecule has 1 aliphatic heterocycles. The Morgan fingerprint density at radius 2 is 1.78 bits per heavy atom. The molecule has 0 N–H and O–H groups in total. The Hall–Kier alpha value is -3.45. The molecule has 6 nitrogen and oxygen atoms in total. The average Bonchev–Trinajstić information content (AvgIpc) is 3.38. The van der Waals surface area contributed by atoms with E-state index in [1.165, 1.54) is 17.3 Å². The number of rotatable bonds is 6. The summed E-state index contributed by atoms with van der Waals surface area (Å²) in [7, 11) is 0. The molecule has 3 heterocycles. The second-order valence-electron chi connectivity index (χ2n) is 7.83. The fourth-order valence-electron chi connectivity index (χ4n) is 4.13. The number of thioether (sulfide) groups is 1. The molecule has 4 aromatic rings. The minimum absolute atomic E-state index is 0.0843. The van der Waals surface area contributed by atoms with Crippen molar-refractivity contribution in [3.05, 3.63) is 90.1 Å². The molecule has 0 saturated heterocycles. The van der Waals surface area contributed by atoms with Crippen molar-refractivity contribution in [1.82, 2.24) is 19.7 Å². The third-order valence-corrected chi connectivity index (χ3v) is 6.55. The summed E-state index contributed by atoms with van der Waals surface area (Å²) in [5.74, 6) is 1.08. The van der Waals surface area contributed by atoms with Crippen LogP contribution in [0.5, 0.6) is 0 Å². The van der Waals surface area contributed by atoms with Crippen molar-refractivity contribution in [2.45, 2.75) is 31.1 Å². The quantitative estimate of drug-likeness (QED) is 0.414. The largest absolute Gasteiger partial charge is 0.308 e. The molecule has 1 amide bonds. The van der Waals surface area contributed by atoms with Gasteiger partial charge >= 0.3 is 0 Å². The second-order valence-corrected chi connectivity index (χ2v) is 8.77. The molecule has 2 aromatic heterocycles. The number of carbonyl (C=O) groups excluding carboxylic acids is 1. The van der Waals surface area contributed by atoms with Crippen LogP contribution in [0, 0.1) is 0 Å². The molecule has 5 rings (SSSR count). The van der Waals surface area contributed by atoms with Gasteiger partial charge in [0, 0.05) is 17.9 Å². The lowest BCUT2D eigenvalue weighted by Gasteiger charge is -2.22. The van der Waals surface area contributed by atoms with Crippen molar-refractivity contribution < 1.29 is 4.79 Å². The second kappa shape index (κ2) is 8.96. The number of aromatic nitrogens is 4. The Morgan fingerprint density at radius 1 is 1.00 bits per heavy atom. The van der Waals surface area contributed by atoms with Gasteiger partial charge in [-0.3, -0.25) is 14.3 Å². The fraction of sp³-hybridized carbons (Fsp3) is 0.200. The normalized spacial score (nSPS) is 15.0. The number of nitrogens with zero attached hydrogens (tertiary/aromatic N) is 5. The summed E-state index contributed by atoms with van der Waals surface area (Å²) in [6, 6.07) is 24.2. The van der Waals surface area contributed by atoms with Crippen LogP contribution in [0.2, 0.25) is 0 Å². The highest BCUT2D eigenvalue weighted by Crippen LogP contribution is 2.33. The van der Waals surface area contributed by atoms with Gasteiger partial charge in [-0.05, 0) is 42.7 Å². The van der Waals surface area contributed by atoms with E-state index in [0.717, 1.165) is 23.4 Å². The predicted octanol–water partition coefficient (Wildman–Crippen LogP) is 4.46. The monoisotopic (exact) mass is 441 g/mol. The highest BCUT2D eigenvalue weighted by atomic mass is 32.2. The minimum Gasteiger partial charge on any atom is -0.308 e. The molecule has 1 aliphatic rings. The van der Waals surface area contributed by atoms with Crippen molar-refractivity contribution in [2.24, 2.45) is 0 Å². The van der Waals surface area contributed by atoms with Crippen LogP contribution in [0.4, 0.5) is 5.69 Å². The summed E-state index contributed by atoms with van der Waals surface area (Å²) in [5, 5.41) is 9.54. The highest BCUT2D eigenvalue weighted by molar-refractivity contribution is 7.99. The Labute approximate surface area is 191 Å². The van der Waals surface area contributed by atoms with Gasteiger partial charge in [0.05, 0.1) is 12.3 Å². The zero-order valence-electron chi connectivity index (χ0n) is 17.8. The van der Waals surface area contributed by atoms with E-state index in [2.05, 4.69) is 40.3 Å². The topological polar surface area (TPSA) is 63.9 Å². The third-order valence-electron chi connectivity index (χ3n) is 5.60. The van der Waals surface area contributed by atoms with Gasteiger partial charge in [0.2, 0.25) is 5.91 Å². The summed E-state index contributed by atoms with van der Waals surface area (Å²) >= 11 is 1.42. The molecule has 0 radical (unpaired) electrons. The number of anilines is 1. The molecule has 2 aromatic carbocycles.